The topological polar surface area (TPSA) is 102 Å². The molecule has 1 aromatic heterocycles. The maximum Gasteiger partial charge on any atom is 0.277 e. The molecule has 0 radical (unpaired) electrons. The van der Waals surface area contributed by atoms with E-state index >= 15 is 0 Å². The third-order valence-electron chi connectivity index (χ3n) is 4.14. The predicted molar refractivity (Wildman–Crippen MR) is 92.8 cm³/mol. The first-order valence-electron chi connectivity index (χ1n) is 8.18. The molecule has 1 unspecified atom stereocenters. The van der Waals surface area contributed by atoms with Crippen LogP contribution in [0, 0.1) is 5.92 Å². The van der Waals surface area contributed by atoms with E-state index in [0.29, 0.717) is 30.6 Å². The van der Waals surface area contributed by atoms with Crippen LogP contribution in [0.2, 0.25) is 0 Å². The van der Waals surface area contributed by atoms with Crippen LogP contribution in [0.3, 0.4) is 0 Å². The van der Waals surface area contributed by atoms with E-state index in [9.17, 15) is 9.59 Å². The number of hydrogen-bond donors (Lipinski definition) is 1. The van der Waals surface area contributed by atoms with Crippen molar-refractivity contribution in [1.82, 2.24) is 15.1 Å². The molecule has 1 aliphatic heterocycles. The van der Waals surface area contributed by atoms with Crippen molar-refractivity contribution in [2.75, 3.05) is 18.8 Å². The number of rotatable bonds is 6. The number of piperidine rings is 1. The Hall–Kier alpha value is -2.35. The number of nitrogens with zero attached hydrogens (tertiary/aromatic N) is 3. The van der Waals surface area contributed by atoms with Crippen LogP contribution in [0.5, 0.6) is 0 Å². The number of hydrogen-bond acceptors (Lipinski definition) is 6. The predicted octanol–water partition coefficient (Wildman–Crippen LogP) is 1.48. The second-order valence-electron chi connectivity index (χ2n) is 5.99. The summed E-state index contributed by atoms with van der Waals surface area (Å²) in [7, 11) is 0. The third kappa shape index (κ3) is 4.82. The highest BCUT2D eigenvalue weighted by Crippen LogP contribution is 2.21. The quantitative estimate of drug-likeness (QED) is 0.783. The monoisotopic (exact) mass is 360 g/mol. The minimum atomic E-state index is -0.340. The fraction of sp³-hybridized carbons (Fsp3) is 0.412. The molecule has 2 heterocycles. The Morgan fingerprint density at radius 2 is 2.08 bits per heavy atom. The SMILES string of the molecule is NC(=O)C1CCCN(C(=O)CSc2nnc(Cc3ccccc3)o2)C1. The molecule has 7 nitrogen and oxygen atoms in total. The Balaban J connectivity index is 1.50. The summed E-state index contributed by atoms with van der Waals surface area (Å²) in [6, 6.07) is 9.85. The molecule has 2 amide bonds. The number of carbonyl (C=O) groups excluding carboxylic acids is 2. The maximum absolute atomic E-state index is 12.3. The van der Waals surface area contributed by atoms with E-state index in [2.05, 4.69) is 10.2 Å². The highest BCUT2D eigenvalue weighted by atomic mass is 32.2. The molecule has 25 heavy (non-hydrogen) atoms. The van der Waals surface area contributed by atoms with Crippen molar-refractivity contribution in [2.45, 2.75) is 24.5 Å². The van der Waals surface area contributed by atoms with Gasteiger partial charge in [0, 0.05) is 13.1 Å². The normalized spacial score (nSPS) is 17.4. The Morgan fingerprint density at radius 1 is 1.28 bits per heavy atom. The second-order valence-corrected chi connectivity index (χ2v) is 6.92. The Bertz CT molecular complexity index is 735. The molecular formula is C17H20N4O3S. The molecule has 0 spiro atoms. The summed E-state index contributed by atoms with van der Waals surface area (Å²) >= 11 is 1.22. The first kappa shape index (κ1) is 17.5. The van der Waals surface area contributed by atoms with Crippen LogP contribution in [0.1, 0.15) is 24.3 Å². The lowest BCUT2D eigenvalue weighted by Gasteiger charge is -2.31. The summed E-state index contributed by atoms with van der Waals surface area (Å²) in [5.74, 6) is 0.0983. The molecule has 0 saturated carbocycles. The molecule has 2 aromatic rings. The standard InChI is InChI=1S/C17H20N4O3S/c18-16(23)13-7-4-8-21(10-13)15(22)11-25-17-20-19-14(24-17)9-12-5-2-1-3-6-12/h1-3,5-6,13H,4,7-11H2,(H2,18,23). The van der Waals surface area contributed by atoms with Crippen molar-refractivity contribution >= 4 is 23.6 Å². The lowest BCUT2D eigenvalue weighted by Crippen LogP contribution is -2.44. The molecule has 1 fully saturated rings. The van der Waals surface area contributed by atoms with Crippen LogP contribution in [-0.4, -0.2) is 45.8 Å². The van der Waals surface area contributed by atoms with Crippen LogP contribution < -0.4 is 5.73 Å². The van der Waals surface area contributed by atoms with E-state index in [0.717, 1.165) is 18.4 Å². The van der Waals surface area contributed by atoms with E-state index in [1.54, 1.807) is 4.90 Å². The van der Waals surface area contributed by atoms with Crippen LogP contribution >= 0.6 is 11.8 Å². The molecule has 8 heteroatoms. The summed E-state index contributed by atoms with van der Waals surface area (Å²) in [4.78, 5) is 25.3. The smallest absolute Gasteiger partial charge is 0.277 e. The molecule has 132 valence electrons. The molecular weight excluding hydrogens is 340 g/mol. The maximum atomic E-state index is 12.3. The van der Waals surface area contributed by atoms with Crippen molar-refractivity contribution in [1.29, 1.82) is 0 Å². The van der Waals surface area contributed by atoms with Gasteiger partial charge >= 0.3 is 0 Å². The number of thioether (sulfide) groups is 1. The van der Waals surface area contributed by atoms with Crippen LogP contribution in [0.25, 0.3) is 0 Å². The second kappa shape index (κ2) is 8.15. The summed E-state index contributed by atoms with van der Waals surface area (Å²) in [6.45, 7) is 1.06. The van der Waals surface area contributed by atoms with Crippen molar-refractivity contribution < 1.29 is 14.0 Å². The van der Waals surface area contributed by atoms with Gasteiger partial charge in [-0.1, -0.05) is 42.1 Å². The van der Waals surface area contributed by atoms with Crippen LogP contribution in [0.15, 0.2) is 40.0 Å². The van der Waals surface area contributed by atoms with Crippen LogP contribution in [0.4, 0.5) is 0 Å². The Morgan fingerprint density at radius 3 is 2.84 bits per heavy atom. The van der Waals surface area contributed by atoms with Crippen molar-refractivity contribution in [3.05, 3.63) is 41.8 Å². The van der Waals surface area contributed by atoms with Gasteiger partial charge < -0.3 is 15.1 Å². The minimum Gasteiger partial charge on any atom is -0.416 e. The molecule has 1 aromatic carbocycles. The van der Waals surface area contributed by atoms with E-state index in [4.69, 9.17) is 10.2 Å². The number of aromatic nitrogens is 2. The van der Waals surface area contributed by atoms with Crippen molar-refractivity contribution in [2.24, 2.45) is 11.7 Å². The third-order valence-corrected chi connectivity index (χ3v) is 4.95. The summed E-state index contributed by atoms with van der Waals surface area (Å²) < 4.78 is 5.58. The number of likely N-dealkylation sites (tertiary alicyclic amines) is 1. The number of nitrogens with two attached hydrogens (primary N) is 1. The largest absolute Gasteiger partial charge is 0.416 e. The van der Waals surface area contributed by atoms with Gasteiger partial charge in [0.2, 0.25) is 17.7 Å². The van der Waals surface area contributed by atoms with E-state index < -0.39 is 0 Å². The average molecular weight is 360 g/mol. The average Bonchev–Trinajstić information content (AvgIpc) is 3.08. The van der Waals surface area contributed by atoms with Gasteiger partial charge in [-0.2, -0.15) is 0 Å². The van der Waals surface area contributed by atoms with Crippen LogP contribution in [-0.2, 0) is 16.0 Å². The Kier molecular flexibility index (Phi) is 5.70. The van der Waals surface area contributed by atoms with E-state index in [1.165, 1.54) is 11.8 Å². The summed E-state index contributed by atoms with van der Waals surface area (Å²) in [6.07, 6.45) is 2.11. The summed E-state index contributed by atoms with van der Waals surface area (Å²) in [5, 5.41) is 8.37. The van der Waals surface area contributed by atoms with Gasteiger partial charge in [0.1, 0.15) is 0 Å². The first-order chi connectivity index (χ1) is 12.1. The molecule has 3 rings (SSSR count). The van der Waals surface area contributed by atoms with Gasteiger partial charge in [-0.05, 0) is 18.4 Å². The lowest BCUT2D eigenvalue weighted by atomic mass is 9.97. The summed E-state index contributed by atoms with van der Waals surface area (Å²) in [5.41, 5.74) is 6.43. The Labute approximate surface area is 150 Å². The number of carbonyl (C=O) groups is 2. The minimum absolute atomic E-state index is 0.0428. The molecule has 1 aliphatic rings. The molecule has 2 N–H and O–H groups in total. The van der Waals surface area contributed by atoms with Gasteiger partial charge in [-0.3, -0.25) is 9.59 Å². The van der Waals surface area contributed by atoms with Gasteiger partial charge in [0.05, 0.1) is 18.1 Å². The number of amides is 2. The van der Waals surface area contributed by atoms with Crippen molar-refractivity contribution in [3.8, 4) is 0 Å². The molecule has 1 atom stereocenters. The molecule has 0 aliphatic carbocycles. The van der Waals surface area contributed by atoms with E-state index in [-0.39, 0.29) is 23.5 Å². The number of benzene rings is 1. The van der Waals surface area contributed by atoms with Gasteiger partial charge in [0.15, 0.2) is 0 Å². The van der Waals surface area contributed by atoms with Gasteiger partial charge in [-0.25, -0.2) is 0 Å². The fourth-order valence-corrected chi connectivity index (χ4v) is 3.47. The first-order valence-corrected chi connectivity index (χ1v) is 9.16. The molecule has 0 bridgehead atoms. The van der Waals surface area contributed by atoms with E-state index in [1.807, 2.05) is 30.3 Å². The zero-order chi connectivity index (χ0) is 17.6. The van der Waals surface area contributed by atoms with Crippen molar-refractivity contribution in [3.63, 3.8) is 0 Å². The zero-order valence-corrected chi connectivity index (χ0v) is 14.6. The van der Waals surface area contributed by atoms with Gasteiger partial charge in [-0.15, -0.1) is 10.2 Å². The van der Waals surface area contributed by atoms with Gasteiger partial charge in [0.25, 0.3) is 5.22 Å². The molecule has 1 saturated heterocycles. The fourth-order valence-electron chi connectivity index (χ4n) is 2.79. The number of primary amides is 1. The lowest BCUT2D eigenvalue weighted by molar-refractivity contribution is -0.132. The zero-order valence-electron chi connectivity index (χ0n) is 13.8. The highest BCUT2D eigenvalue weighted by molar-refractivity contribution is 7.99. The highest BCUT2D eigenvalue weighted by Gasteiger charge is 2.27.